The van der Waals surface area contributed by atoms with Crippen LogP contribution in [0.1, 0.15) is 6.92 Å². The highest BCUT2D eigenvalue weighted by Crippen LogP contribution is 2.24. The lowest BCUT2D eigenvalue weighted by Crippen LogP contribution is -1.99. The molecule has 0 saturated carbocycles. The number of hydrogen-bond donors (Lipinski definition) is 1. The summed E-state index contributed by atoms with van der Waals surface area (Å²) in [5.74, 6) is 0.467. The molecule has 0 spiro atoms. The maximum absolute atomic E-state index is 8.77. The van der Waals surface area contributed by atoms with Crippen molar-refractivity contribution in [2.24, 2.45) is 0 Å². The number of benzene rings is 1. The Morgan fingerprint density at radius 2 is 2.09 bits per heavy atom. The summed E-state index contributed by atoms with van der Waals surface area (Å²) in [7, 11) is 0. The van der Waals surface area contributed by atoms with Crippen LogP contribution in [-0.2, 0) is 0 Å². The van der Waals surface area contributed by atoms with Crippen LogP contribution >= 0.6 is 11.6 Å². The summed E-state index contributed by atoms with van der Waals surface area (Å²) in [6, 6.07) is 6.95. The van der Waals surface area contributed by atoms with Crippen LogP contribution in [0.3, 0.4) is 0 Å². The summed E-state index contributed by atoms with van der Waals surface area (Å²) < 4.78 is 4.89. The van der Waals surface area contributed by atoms with Gasteiger partial charge in [0.05, 0.1) is 5.02 Å². The van der Waals surface area contributed by atoms with Crippen LogP contribution in [0.5, 0.6) is 5.75 Å². The molecular formula is C8H8ClO2. The number of rotatable bonds is 2. The van der Waals surface area contributed by atoms with E-state index in [2.05, 4.69) is 0 Å². The highest BCUT2D eigenvalue weighted by molar-refractivity contribution is 6.32. The van der Waals surface area contributed by atoms with Gasteiger partial charge in [0.15, 0.2) is 0 Å². The lowest BCUT2D eigenvalue weighted by molar-refractivity contribution is 0.114. The number of ether oxygens (including phenoxy) is 1. The average Bonchev–Trinajstić information content (AvgIpc) is 1.93. The van der Waals surface area contributed by atoms with Crippen LogP contribution in [0.2, 0.25) is 5.02 Å². The Hall–Kier alpha value is -0.730. The van der Waals surface area contributed by atoms with Crippen molar-refractivity contribution in [3.05, 3.63) is 35.6 Å². The lowest BCUT2D eigenvalue weighted by atomic mass is 10.3. The van der Waals surface area contributed by atoms with Crippen LogP contribution in [0.15, 0.2) is 24.3 Å². The molecule has 0 atom stereocenters. The Labute approximate surface area is 70.4 Å². The molecule has 0 aliphatic carbocycles. The van der Waals surface area contributed by atoms with E-state index in [4.69, 9.17) is 21.4 Å². The predicted octanol–water partition coefficient (Wildman–Crippen LogP) is 2.60. The first kappa shape index (κ1) is 8.37. The molecule has 1 radical (unpaired) electrons. The van der Waals surface area contributed by atoms with Gasteiger partial charge >= 0.3 is 0 Å². The molecule has 0 heterocycles. The zero-order chi connectivity index (χ0) is 8.27. The average molecular weight is 172 g/mol. The first-order valence-electron chi connectivity index (χ1n) is 3.15. The Balaban J connectivity index is 2.78. The third kappa shape index (κ3) is 2.41. The molecule has 11 heavy (non-hydrogen) atoms. The summed E-state index contributed by atoms with van der Waals surface area (Å²) in [6.07, 6.45) is -0.113. The van der Waals surface area contributed by atoms with Crippen LogP contribution in [-0.4, -0.2) is 5.11 Å². The Morgan fingerprint density at radius 1 is 1.45 bits per heavy atom. The number of para-hydroxylation sites is 1. The quantitative estimate of drug-likeness (QED) is 0.741. The van der Waals surface area contributed by atoms with Crippen LogP contribution < -0.4 is 4.74 Å². The minimum absolute atomic E-state index is 0.113. The van der Waals surface area contributed by atoms with Crippen LogP contribution in [0.25, 0.3) is 0 Å². The summed E-state index contributed by atoms with van der Waals surface area (Å²) in [4.78, 5) is 0. The van der Waals surface area contributed by atoms with Gasteiger partial charge in [-0.05, 0) is 12.1 Å². The molecule has 1 N–H and O–H groups in total. The standard InChI is InChI=1S/C8H8ClO2/c1-6(10)11-8-5-3-2-4-7(8)9/h2-5,10H,1H3. The molecule has 0 fully saturated rings. The van der Waals surface area contributed by atoms with Crippen molar-refractivity contribution in [3.63, 3.8) is 0 Å². The SMILES string of the molecule is C[C](O)Oc1ccccc1Cl. The molecule has 1 aromatic rings. The fourth-order valence-electron chi connectivity index (χ4n) is 0.687. The zero-order valence-corrected chi connectivity index (χ0v) is 6.80. The van der Waals surface area contributed by atoms with E-state index < -0.39 is 0 Å². The molecule has 0 bridgehead atoms. The van der Waals surface area contributed by atoms with Gasteiger partial charge in [-0.2, -0.15) is 0 Å². The van der Waals surface area contributed by atoms with E-state index in [1.807, 2.05) is 0 Å². The molecule has 1 rings (SSSR count). The fourth-order valence-corrected chi connectivity index (χ4v) is 0.861. The van der Waals surface area contributed by atoms with E-state index in [1.54, 1.807) is 24.3 Å². The van der Waals surface area contributed by atoms with Crippen molar-refractivity contribution < 1.29 is 9.84 Å². The molecule has 0 unspecified atom stereocenters. The van der Waals surface area contributed by atoms with Gasteiger partial charge in [-0.25, -0.2) is 0 Å². The van der Waals surface area contributed by atoms with Gasteiger partial charge < -0.3 is 9.84 Å². The maximum Gasteiger partial charge on any atom is 0.270 e. The molecule has 0 aromatic heterocycles. The van der Waals surface area contributed by atoms with Crippen molar-refractivity contribution in [1.82, 2.24) is 0 Å². The lowest BCUT2D eigenvalue weighted by Gasteiger charge is -2.07. The zero-order valence-electron chi connectivity index (χ0n) is 6.04. The Kier molecular flexibility index (Phi) is 2.74. The first-order chi connectivity index (χ1) is 5.20. The minimum atomic E-state index is -0.113. The highest BCUT2D eigenvalue weighted by atomic mass is 35.5. The molecule has 2 nitrogen and oxygen atoms in total. The maximum atomic E-state index is 8.77. The van der Waals surface area contributed by atoms with E-state index in [1.165, 1.54) is 6.92 Å². The number of aliphatic hydroxyl groups excluding tert-OH is 1. The Morgan fingerprint density at radius 3 is 2.64 bits per heavy atom. The van der Waals surface area contributed by atoms with Crippen molar-refractivity contribution in [2.75, 3.05) is 0 Å². The van der Waals surface area contributed by atoms with Crippen molar-refractivity contribution in [2.45, 2.75) is 6.92 Å². The van der Waals surface area contributed by atoms with Crippen molar-refractivity contribution >= 4 is 11.6 Å². The van der Waals surface area contributed by atoms with E-state index in [9.17, 15) is 0 Å². The molecule has 3 heteroatoms. The number of halogens is 1. The Bertz CT molecular complexity index is 235. The fraction of sp³-hybridized carbons (Fsp3) is 0.125. The molecule has 0 aliphatic heterocycles. The smallest absolute Gasteiger partial charge is 0.270 e. The summed E-state index contributed by atoms with van der Waals surface area (Å²) in [5, 5.41) is 9.25. The molecule has 0 saturated heterocycles. The first-order valence-corrected chi connectivity index (χ1v) is 3.53. The van der Waals surface area contributed by atoms with Gasteiger partial charge in [-0.3, -0.25) is 0 Å². The molecular weight excluding hydrogens is 164 g/mol. The number of hydrogen-bond acceptors (Lipinski definition) is 2. The molecule has 0 aliphatic rings. The van der Waals surface area contributed by atoms with E-state index >= 15 is 0 Å². The second-order valence-electron chi connectivity index (χ2n) is 2.05. The number of aliphatic hydroxyl groups is 1. The normalized spacial score (nSPS) is 10.2. The van der Waals surface area contributed by atoms with Crippen LogP contribution in [0, 0.1) is 6.29 Å². The van der Waals surface area contributed by atoms with Crippen molar-refractivity contribution in [3.8, 4) is 5.75 Å². The predicted molar refractivity (Wildman–Crippen MR) is 42.9 cm³/mol. The largest absolute Gasteiger partial charge is 0.454 e. The highest BCUT2D eigenvalue weighted by Gasteiger charge is 2.03. The van der Waals surface area contributed by atoms with Gasteiger partial charge in [0.25, 0.3) is 6.29 Å². The van der Waals surface area contributed by atoms with Gasteiger partial charge in [-0.15, -0.1) is 0 Å². The summed E-state index contributed by atoms with van der Waals surface area (Å²) >= 11 is 5.72. The topological polar surface area (TPSA) is 29.5 Å². The van der Waals surface area contributed by atoms with Gasteiger partial charge in [0, 0.05) is 6.92 Å². The van der Waals surface area contributed by atoms with Gasteiger partial charge in [0.1, 0.15) is 5.75 Å². The third-order valence-electron chi connectivity index (χ3n) is 1.09. The van der Waals surface area contributed by atoms with E-state index in [0.717, 1.165) is 0 Å². The summed E-state index contributed by atoms with van der Waals surface area (Å²) in [6.45, 7) is 1.45. The summed E-state index contributed by atoms with van der Waals surface area (Å²) in [5.41, 5.74) is 0. The molecule has 59 valence electrons. The van der Waals surface area contributed by atoms with Crippen molar-refractivity contribution in [1.29, 1.82) is 0 Å². The van der Waals surface area contributed by atoms with Crippen LogP contribution in [0.4, 0.5) is 0 Å². The van der Waals surface area contributed by atoms with Gasteiger partial charge in [-0.1, -0.05) is 23.7 Å². The van der Waals surface area contributed by atoms with E-state index in [-0.39, 0.29) is 6.29 Å². The molecule has 0 amide bonds. The second kappa shape index (κ2) is 3.60. The monoisotopic (exact) mass is 171 g/mol. The molecule has 1 aromatic carbocycles. The van der Waals surface area contributed by atoms with E-state index in [0.29, 0.717) is 10.8 Å². The van der Waals surface area contributed by atoms with Gasteiger partial charge in [0.2, 0.25) is 0 Å². The second-order valence-corrected chi connectivity index (χ2v) is 2.46. The third-order valence-corrected chi connectivity index (χ3v) is 1.41. The minimum Gasteiger partial charge on any atom is -0.454 e.